The van der Waals surface area contributed by atoms with Crippen LogP contribution >= 0.6 is 0 Å². The number of aromatic nitrogens is 2. The summed E-state index contributed by atoms with van der Waals surface area (Å²) in [7, 11) is 0. The average molecular weight is 621 g/mol. The van der Waals surface area contributed by atoms with Crippen LogP contribution in [0.15, 0.2) is 146 Å². The third-order valence-corrected chi connectivity index (χ3v) is 9.40. The molecule has 0 spiro atoms. The lowest BCUT2D eigenvalue weighted by Crippen LogP contribution is -2.01. The normalized spacial score (nSPS) is 12.8. The first-order chi connectivity index (χ1) is 23.8. The third kappa shape index (κ3) is 3.57. The first-order valence-corrected chi connectivity index (χ1v) is 15.9. The van der Waals surface area contributed by atoms with Gasteiger partial charge in [0.05, 0.1) is 22.1 Å². The Labute approximate surface area is 274 Å². The topological polar surface area (TPSA) is 46.8 Å². The molecule has 0 bridgehead atoms. The van der Waals surface area contributed by atoms with E-state index in [-0.39, 0.29) is 0 Å². The van der Waals surface area contributed by atoms with E-state index in [9.17, 15) is 0 Å². The zero-order valence-corrected chi connectivity index (χ0v) is 25.4. The zero-order valence-electron chi connectivity index (χ0n) is 25.4. The van der Waals surface area contributed by atoms with Crippen molar-refractivity contribution in [2.24, 2.45) is 0 Å². The van der Waals surface area contributed by atoms with Crippen molar-refractivity contribution in [3.63, 3.8) is 0 Å². The minimum atomic E-state index is 0.692. The molecular formula is C42H24N2O4. The Balaban J connectivity index is 1.12. The van der Waals surface area contributed by atoms with E-state index in [2.05, 4.69) is 106 Å². The van der Waals surface area contributed by atoms with Crippen molar-refractivity contribution in [1.29, 1.82) is 0 Å². The maximum absolute atomic E-state index is 6.35. The fourth-order valence-corrected chi connectivity index (χ4v) is 7.31. The van der Waals surface area contributed by atoms with Crippen molar-refractivity contribution in [3.05, 3.63) is 146 Å². The maximum atomic E-state index is 6.35. The van der Waals surface area contributed by atoms with E-state index in [1.54, 1.807) is 0 Å². The lowest BCUT2D eigenvalue weighted by atomic mass is 10.1. The Bertz CT molecular complexity index is 2620. The summed E-state index contributed by atoms with van der Waals surface area (Å²) < 4.78 is 29.9. The van der Waals surface area contributed by atoms with Gasteiger partial charge in [0.1, 0.15) is 0 Å². The van der Waals surface area contributed by atoms with Gasteiger partial charge in [0.15, 0.2) is 46.0 Å². The largest absolute Gasteiger partial charge is 0.449 e. The van der Waals surface area contributed by atoms with Crippen molar-refractivity contribution in [2.75, 3.05) is 0 Å². The van der Waals surface area contributed by atoms with Crippen molar-refractivity contribution >= 4 is 43.6 Å². The second kappa shape index (κ2) is 9.44. The summed E-state index contributed by atoms with van der Waals surface area (Å²) >= 11 is 0. The van der Waals surface area contributed by atoms with Crippen LogP contribution in [0.4, 0.5) is 0 Å². The first kappa shape index (κ1) is 25.5. The molecule has 0 N–H and O–H groups in total. The van der Waals surface area contributed by atoms with Gasteiger partial charge < -0.3 is 28.1 Å². The molecule has 2 aliphatic heterocycles. The highest BCUT2D eigenvalue weighted by molar-refractivity contribution is 6.12. The van der Waals surface area contributed by atoms with Crippen LogP contribution < -0.4 is 18.9 Å². The molecule has 0 radical (unpaired) electrons. The molecule has 0 aliphatic carbocycles. The standard InChI is InChI=1S/C42H24N2O4/c1-3-14-31-27(12-1)29-21-39-41(47-37-18-7-5-16-35(37)45-39)23-33(29)43(31)25-10-9-11-26(20-25)44-32-15-4-2-13-28(32)30-22-40-42(24-34(30)44)48-38-19-8-6-17-36(38)46-40/h1-24H. The number of hydrogen-bond acceptors (Lipinski definition) is 4. The van der Waals surface area contributed by atoms with Gasteiger partial charge in [-0.1, -0.05) is 66.7 Å². The molecular weight excluding hydrogens is 596 g/mol. The Morgan fingerprint density at radius 1 is 0.271 bits per heavy atom. The van der Waals surface area contributed by atoms with Gasteiger partial charge in [-0.25, -0.2) is 0 Å². The fourth-order valence-electron chi connectivity index (χ4n) is 7.31. The van der Waals surface area contributed by atoms with E-state index >= 15 is 0 Å². The maximum Gasteiger partial charge on any atom is 0.172 e. The van der Waals surface area contributed by atoms with Gasteiger partial charge in [-0.15, -0.1) is 0 Å². The lowest BCUT2D eigenvalue weighted by Gasteiger charge is -2.21. The van der Waals surface area contributed by atoms with E-state index in [1.165, 1.54) is 0 Å². The van der Waals surface area contributed by atoms with Gasteiger partial charge >= 0.3 is 0 Å². The summed E-state index contributed by atoms with van der Waals surface area (Å²) in [5.74, 6) is 5.65. The lowest BCUT2D eigenvalue weighted by molar-refractivity contribution is 0.360. The zero-order chi connectivity index (χ0) is 31.3. The highest BCUT2D eigenvalue weighted by Crippen LogP contribution is 2.50. The number of benzene rings is 7. The molecule has 48 heavy (non-hydrogen) atoms. The van der Waals surface area contributed by atoms with Gasteiger partial charge in [-0.3, -0.25) is 0 Å². The van der Waals surface area contributed by atoms with Crippen LogP contribution in [-0.2, 0) is 0 Å². The predicted octanol–water partition coefficient (Wildman–Crippen LogP) is 11.7. The van der Waals surface area contributed by atoms with Gasteiger partial charge in [-0.05, 0) is 66.7 Å². The fraction of sp³-hybridized carbons (Fsp3) is 0. The van der Waals surface area contributed by atoms with Crippen LogP contribution in [0.3, 0.4) is 0 Å². The Morgan fingerprint density at radius 2 is 0.646 bits per heavy atom. The summed E-state index contributed by atoms with van der Waals surface area (Å²) in [6.07, 6.45) is 0. The minimum absolute atomic E-state index is 0.692. The number of para-hydroxylation sites is 6. The van der Waals surface area contributed by atoms with E-state index < -0.39 is 0 Å². The van der Waals surface area contributed by atoms with Gasteiger partial charge in [0.25, 0.3) is 0 Å². The smallest absolute Gasteiger partial charge is 0.172 e. The minimum Gasteiger partial charge on any atom is -0.449 e. The summed E-state index contributed by atoms with van der Waals surface area (Å²) in [4.78, 5) is 0. The molecule has 6 heteroatoms. The van der Waals surface area contributed by atoms with Crippen LogP contribution in [0.5, 0.6) is 46.0 Å². The van der Waals surface area contributed by atoms with Crippen molar-refractivity contribution in [3.8, 4) is 57.4 Å². The van der Waals surface area contributed by atoms with E-state index in [4.69, 9.17) is 18.9 Å². The molecule has 9 aromatic rings. The quantitative estimate of drug-likeness (QED) is 0.193. The van der Waals surface area contributed by atoms with Gasteiger partial charge in [0.2, 0.25) is 0 Å². The molecule has 11 rings (SSSR count). The number of ether oxygens (including phenoxy) is 4. The van der Waals surface area contributed by atoms with Crippen molar-refractivity contribution in [1.82, 2.24) is 9.13 Å². The molecule has 6 nitrogen and oxygen atoms in total. The monoisotopic (exact) mass is 620 g/mol. The predicted molar refractivity (Wildman–Crippen MR) is 188 cm³/mol. The molecule has 0 saturated carbocycles. The Kier molecular flexibility index (Phi) is 5.02. The number of hydrogen-bond donors (Lipinski definition) is 0. The Hall–Kier alpha value is -6.66. The summed E-state index contributed by atoms with van der Waals surface area (Å²) in [6.45, 7) is 0. The molecule has 0 amide bonds. The summed E-state index contributed by atoms with van der Waals surface area (Å²) in [5, 5.41) is 4.48. The number of fused-ring (bicyclic) bond motifs is 10. The molecule has 2 aliphatic rings. The van der Waals surface area contributed by atoms with Crippen molar-refractivity contribution in [2.45, 2.75) is 0 Å². The van der Waals surface area contributed by atoms with Crippen LogP contribution in [0.1, 0.15) is 0 Å². The highest BCUT2D eigenvalue weighted by Gasteiger charge is 2.24. The second-order valence-corrected chi connectivity index (χ2v) is 12.2. The summed E-state index contributed by atoms with van der Waals surface area (Å²) in [6, 6.07) is 49.6. The van der Waals surface area contributed by atoms with Gasteiger partial charge in [0, 0.05) is 45.1 Å². The second-order valence-electron chi connectivity index (χ2n) is 12.2. The van der Waals surface area contributed by atoms with Crippen LogP contribution in [0.25, 0.3) is 55.0 Å². The molecule has 0 fully saturated rings. The highest BCUT2D eigenvalue weighted by atomic mass is 16.6. The van der Waals surface area contributed by atoms with Crippen LogP contribution in [0.2, 0.25) is 0 Å². The SMILES string of the molecule is c1cc(-n2c3ccccc3c3cc4c(cc32)Oc2ccccc2O4)cc(-n2c3ccccc3c3cc4c(cc32)Oc2ccccc2O4)c1. The molecule has 4 heterocycles. The van der Waals surface area contributed by atoms with Crippen LogP contribution in [-0.4, -0.2) is 9.13 Å². The van der Waals surface area contributed by atoms with E-state index in [0.29, 0.717) is 34.5 Å². The average Bonchev–Trinajstić information content (AvgIpc) is 3.63. The number of nitrogens with zero attached hydrogens (tertiary/aromatic N) is 2. The van der Waals surface area contributed by atoms with E-state index in [0.717, 1.165) is 66.5 Å². The van der Waals surface area contributed by atoms with E-state index in [1.807, 2.05) is 48.5 Å². The molecule has 0 atom stereocenters. The molecule has 0 unspecified atom stereocenters. The third-order valence-electron chi connectivity index (χ3n) is 9.40. The van der Waals surface area contributed by atoms with Crippen molar-refractivity contribution < 1.29 is 18.9 Å². The molecule has 7 aromatic carbocycles. The molecule has 0 saturated heterocycles. The Morgan fingerprint density at radius 3 is 1.08 bits per heavy atom. The first-order valence-electron chi connectivity index (χ1n) is 15.9. The van der Waals surface area contributed by atoms with Gasteiger partial charge in [-0.2, -0.15) is 0 Å². The van der Waals surface area contributed by atoms with Crippen LogP contribution in [0, 0.1) is 0 Å². The molecule has 2 aromatic heterocycles. The summed E-state index contributed by atoms with van der Waals surface area (Å²) in [5.41, 5.74) is 6.35. The molecule has 226 valence electrons. The number of rotatable bonds is 2.